The maximum atomic E-state index is 10.1. The van der Waals surface area contributed by atoms with Crippen molar-refractivity contribution in [1.29, 1.82) is 0 Å². The molecule has 4 nitrogen and oxygen atoms in total. The molecule has 1 atom stereocenters. The Kier molecular flexibility index (Phi) is 3.80. The molecule has 1 aromatic heterocycles. The van der Waals surface area contributed by atoms with Crippen molar-refractivity contribution < 1.29 is 12.9 Å². The predicted molar refractivity (Wildman–Crippen MR) is 47.5 cm³/mol. The maximum Gasteiger partial charge on any atom is 0.302 e. The van der Waals surface area contributed by atoms with Gasteiger partial charge in [0.05, 0.1) is 6.61 Å². The standard InChI is InChI=1S/C6H6BrNO3S/c7-6-1-5(2-8-3-6)4-11-12(9)10/h1-3H,4H2,(H,9,10). The Morgan fingerprint density at radius 3 is 3.00 bits per heavy atom. The van der Waals surface area contributed by atoms with Crippen LogP contribution in [0.2, 0.25) is 0 Å². The minimum Gasteiger partial charge on any atom is -0.284 e. The van der Waals surface area contributed by atoms with Crippen LogP contribution in [0.5, 0.6) is 0 Å². The first-order chi connectivity index (χ1) is 5.68. The monoisotopic (exact) mass is 251 g/mol. The summed E-state index contributed by atoms with van der Waals surface area (Å²) in [6.07, 6.45) is 3.19. The predicted octanol–water partition coefficient (Wildman–Crippen LogP) is 1.50. The van der Waals surface area contributed by atoms with Gasteiger partial charge in [-0.05, 0) is 27.6 Å². The van der Waals surface area contributed by atoms with E-state index in [2.05, 4.69) is 25.1 Å². The first-order valence-electron chi connectivity index (χ1n) is 3.02. The highest BCUT2D eigenvalue weighted by Gasteiger charge is 1.97. The molecule has 0 bridgehead atoms. The average Bonchev–Trinajstić information content (AvgIpc) is 2.01. The molecule has 6 heteroatoms. The molecule has 0 saturated carbocycles. The second-order valence-corrected chi connectivity index (χ2v) is 3.58. The van der Waals surface area contributed by atoms with Gasteiger partial charge in [-0.1, -0.05) is 0 Å². The van der Waals surface area contributed by atoms with Crippen LogP contribution in [0.1, 0.15) is 5.56 Å². The minimum absolute atomic E-state index is 0.0789. The zero-order chi connectivity index (χ0) is 8.97. The third kappa shape index (κ3) is 3.40. The number of halogens is 1. The van der Waals surface area contributed by atoms with E-state index in [4.69, 9.17) is 4.55 Å². The lowest BCUT2D eigenvalue weighted by Gasteiger charge is -1.98. The molecule has 0 aliphatic rings. The number of hydrogen-bond donors (Lipinski definition) is 1. The highest BCUT2D eigenvalue weighted by molar-refractivity contribution is 9.10. The smallest absolute Gasteiger partial charge is 0.284 e. The van der Waals surface area contributed by atoms with Gasteiger partial charge in [-0.2, -0.15) is 4.21 Å². The average molecular weight is 252 g/mol. The molecule has 0 aromatic carbocycles. The van der Waals surface area contributed by atoms with Crippen LogP contribution in [-0.4, -0.2) is 13.7 Å². The molecule has 1 unspecified atom stereocenters. The summed E-state index contributed by atoms with van der Waals surface area (Å²) in [5.74, 6) is 0. The van der Waals surface area contributed by atoms with Gasteiger partial charge in [0.1, 0.15) is 0 Å². The van der Waals surface area contributed by atoms with Crippen molar-refractivity contribution in [2.45, 2.75) is 6.61 Å². The van der Waals surface area contributed by atoms with Gasteiger partial charge in [-0.3, -0.25) is 13.7 Å². The number of pyridine rings is 1. The van der Waals surface area contributed by atoms with Crippen molar-refractivity contribution in [3.05, 3.63) is 28.5 Å². The summed E-state index contributed by atoms with van der Waals surface area (Å²) in [7, 11) is 0. The summed E-state index contributed by atoms with van der Waals surface area (Å²) in [6, 6.07) is 1.76. The first-order valence-corrected chi connectivity index (χ1v) is 4.84. The Morgan fingerprint density at radius 2 is 2.42 bits per heavy atom. The number of hydrogen-bond acceptors (Lipinski definition) is 3. The normalized spacial score (nSPS) is 12.8. The van der Waals surface area contributed by atoms with E-state index in [0.717, 1.165) is 10.0 Å². The number of rotatable bonds is 3. The minimum atomic E-state index is -2.22. The van der Waals surface area contributed by atoms with Gasteiger partial charge in [0.2, 0.25) is 0 Å². The third-order valence-electron chi connectivity index (χ3n) is 1.09. The molecule has 1 heterocycles. The molecule has 0 fully saturated rings. The van der Waals surface area contributed by atoms with Crippen LogP contribution < -0.4 is 0 Å². The first kappa shape index (κ1) is 9.79. The van der Waals surface area contributed by atoms with E-state index in [0.29, 0.717) is 0 Å². The van der Waals surface area contributed by atoms with Crippen molar-refractivity contribution in [2.75, 3.05) is 0 Å². The zero-order valence-electron chi connectivity index (χ0n) is 5.94. The molecular weight excluding hydrogens is 246 g/mol. The van der Waals surface area contributed by atoms with Crippen LogP contribution in [0.4, 0.5) is 0 Å². The Morgan fingerprint density at radius 1 is 1.67 bits per heavy atom. The highest BCUT2D eigenvalue weighted by Crippen LogP contribution is 2.10. The Labute approximate surface area is 80.6 Å². The summed E-state index contributed by atoms with van der Waals surface area (Å²) in [4.78, 5) is 3.85. The van der Waals surface area contributed by atoms with Crippen LogP contribution in [0, 0.1) is 0 Å². The van der Waals surface area contributed by atoms with Crippen molar-refractivity contribution in [3.63, 3.8) is 0 Å². The summed E-state index contributed by atoms with van der Waals surface area (Å²) in [5, 5.41) is 0. The van der Waals surface area contributed by atoms with E-state index in [-0.39, 0.29) is 6.61 Å². The summed E-state index contributed by atoms with van der Waals surface area (Å²) < 4.78 is 23.7. The maximum absolute atomic E-state index is 10.1. The fourth-order valence-electron chi connectivity index (χ4n) is 0.653. The topological polar surface area (TPSA) is 59.4 Å². The largest absolute Gasteiger partial charge is 0.302 e. The molecule has 0 aliphatic heterocycles. The summed E-state index contributed by atoms with van der Waals surface area (Å²) >= 11 is 0.997. The summed E-state index contributed by atoms with van der Waals surface area (Å²) in [6.45, 7) is 0.0789. The van der Waals surface area contributed by atoms with Crippen molar-refractivity contribution >= 4 is 27.3 Å². The van der Waals surface area contributed by atoms with Crippen molar-refractivity contribution in [2.24, 2.45) is 0 Å². The Balaban J connectivity index is 2.57. The molecule has 1 N–H and O–H groups in total. The third-order valence-corrected chi connectivity index (χ3v) is 1.84. The molecule has 0 spiro atoms. The molecule has 12 heavy (non-hydrogen) atoms. The molecule has 1 aromatic rings. The number of aromatic nitrogens is 1. The lowest BCUT2D eigenvalue weighted by molar-refractivity contribution is 0.296. The Hall–Kier alpha value is -0.300. The van der Waals surface area contributed by atoms with E-state index in [1.807, 2.05) is 0 Å². The van der Waals surface area contributed by atoms with Crippen LogP contribution in [-0.2, 0) is 22.2 Å². The van der Waals surface area contributed by atoms with E-state index < -0.39 is 11.4 Å². The van der Waals surface area contributed by atoms with Crippen LogP contribution >= 0.6 is 15.9 Å². The fourth-order valence-corrected chi connectivity index (χ4v) is 1.30. The molecule has 0 radical (unpaired) electrons. The second kappa shape index (κ2) is 4.66. The molecule has 0 amide bonds. The van der Waals surface area contributed by atoms with Gasteiger partial charge in [0.25, 0.3) is 0 Å². The van der Waals surface area contributed by atoms with Gasteiger partial charge in [0, 0.05) is 16.9 Å². The SMILES string of the molecule is O=S(O)OCc1cncc(Br)c1. The summed E-state index contributed by atoms with van der Waals surface area (Å²) in [5.41, 5.74) is 0.742. The van der Waals surface area contributed by atoms with Gasteiger partial charge in [-0.15, -0.1) is 0 Å². The second-order valence-electron chi connectivity index (χ2n) is 1.99. The van der Waals surface area contributed by atoms with Gasteiger partial charge >= 0.3 is 11.4 Å². The Bertz CT molecular complexity index is 294. The van der Waals surface area contributed by atoms with Gasteiger partial charge in [-0.25, -0.2) is 0 Å². The van der Waals surface area contributed by atoms with Crippen LogP contribution in [0.3, 0.4) is 0 Å². The molecule has 0 aliphatic carbocycles. The molecule has 66 valence electrons. The van der Waals surface area contributed by atoms with E-state index in [1.165, 1.54) is 0 Å². The highest BCUT2D eigenvalue weighted by atomic mass is 79.9. The molecule has 0 saturated heterocycles. The lowest BCUT2D eigenvalue weighted by Crippen LogP contribution is -1.96. The van der Waals surface area contributed by atoms with E-state index in [1.54, 1.807) is 18.5 Å². The lowest BCUT2D eigenvalue weighted by atomic mass is 10.3. The fraction of sp³-hybridized carbons (Fsp3) is 0.167. The van der Waals surface area contributed by atoms with E-state index >= 15 is 0 Å². The van der Waals surface area contributed by atoms with Gasteiger partial charge in [0.15, 0.2) is 0 Å². The molecule has 1 rings (SSSR count). The molecular formula is C6H6BrNO3S. The van der Waals surface area contributed by atoms with Crippen LogP contribution in [0.25, 0.3) is 0 Å². The van der Waals surface area contributed by atoms with Gasteiger partial charge < -0.3 is 0 Å². The zero-order valence-corrected chi connectivity index (χ0v) is 8.34. The number of nitrogens with zero attached hydrogens (tertiary/aromatic N) is 1. The van der Waals surface area contributed by atoms with E-state index in [9.17, 15) is 4.21 Å². The van der Waals surface area contributed by atoms with Crippen molar-refractivity contribution in [3.8, 4) is 0 Å². The van der Waals surface area contributed by atoms with Crippen molar-refractivity contribution in [1.82, 2.24) is 4.98 Å². The van der Waals surface area contributed by atoms with Crippen LogP contribution in [0.15, 0.2) is 22.9 Å². The quantitative estimate of drug-likeness (QED) is 0.828.